The van der Waals surface area contributed by atoms with Crippen LogP contribution in [0, 0.1) is 6.92 Å². The number of aryl methyl sites for hydroxylation is 1. The van der Waals surface area contributed by atoms with E-state index < -0.39 is 0 Å². The number of aromatic nitrogens is 1. The molecule has 18 heavy (non-hydrogen) atoms. The number of carbonyl (C=O) groups is 1. The summed E-state index contributed by atoms with van der Waals surface area (Å²) in [7, 11) is 0. The number of amides is 1. The summed E-state index contributed by atoms with van der Waals surface area (Å²) in [4.78, 5) is 16.0. The normalized spacial score (nSPS) is 10.1. The zero-order chi connectivity index (χ0) is 13.1. The number of halogens is 1. The molecule has 4 nitrogen and oxygen atoms in total. The minimum absolute atomic E-state index is 0.207. The molecular formula is C13H12ClN3O. The second-order valence-electron chi connectivity index (χ2n) is 3.83. The van der Waals surface area contributed by atoms with Crippen LogP contribution in [0.5, 0.6) is 0 Å². The van der Waals surface area contributed by atoms with Gasteiger partial charge in [-0.05, 0) is 43.3 Å². The van der Waals surface area contributed by atoms with Crippen LogP contribution in [0.15, 0.2) is 36.4 Å². The molecule has 0 saturated carbocycles. The Labute approximate surface area is 110 Å². The predicted molar refractivity (Wildman–Crippen MR) is 72.8 cm³/mol. The van der Waals surface area contributed by atoms with E-state index in [-0.39, 0.29) is 5.91 Å². The van der Waals surface area contributed by atoms with Crippen LogP contribution in [-0.4, -0.2) is 10.9 Å². The zero-order valence-electron chi connectivity index (χ0n) is 9.77. The highest BCUT2D eigenvalue weighted by atomic mass is 35.5. The van der Waals surface area contributed by atoms with Crippen molar-refractivity contribution >= 4 is 29.0 Å². The molecule has 1 aromatic carbocycles. The standard InChI is InChI=1S/C13H12ClN3O/c1-8-11(6-7-12(15)16-8)17-13(18)9-2-4-10(14)5-3-9/h2-7H,1H3,(H2,15,16)(H,17,18). The van der Waals surface area contributed by atoms with Crippen molar-refractivity contribution in [3.05, 3.63) is 52.7 Å². The molecule has 3 N–H and O–H groups in total. The Morgan fingerprint density at radius 1 is 1.22 bits per heavy atom. The van der Waals surface area contributed by atoms with E-state index in [1.807, 2.05) is 0 Å². The fourth-order valence-electron chi connectivity index (χ4n) is 1.51. The molecule has 2 aromatic rings. The first-order valence-electron chi connectivity index (χ1n) is 5.36. The van der Waals surface area contributed by atoms with Crippen LogP contribution in [0.25, 0.3) is 0 Å². The van der Waals surface area contributed by atoms with Gasteiger partial charge in [-0.1, -0.05) is 11.6 Å². The summed E-state index contributed by atoms with van der Waals surface area (Å²) < 4.78 is 0. The first kappa shape index (κ1) is 12.4. The number of nitrogens with zero attached hydrogens (tertiary/aromatic N) is 1. The number of hydrogen-bond donors (Lipinski definition) is 2. The van der Waals surface area contributed by atoms with Gasteiger partial charge >= 0.3 is 0 Å². The van der Waals surface area contributed by atoms with Gasteiger partial charge in [0.2, 0.25) is 0 Å². The summed E-state index contributed by atoms with van der Waals surface area (Å²) >= 11 is 5.76. The number of pyridine rings is 1. The van der Waals surface area contributed by atoms with E-state index in [0.717, 1.165) is 0 Å². The summed E-state index contributed by atoms with van der Waals surface area (Å²) in [5.74, 6) is 0.221. The molecule has 0 atom stereocenters. The molecule has 5 heteroatoms. The van der Waals surface area contributed by atoms with Gasteiger partial charge in [-0.25, -0.2) is 4.98 Å². The molecular weight excluding hydrogens is 250 g/mol. The summed E-state index contributed by atoms with van der Waals surface area (Å²) in [6, 6.07) is 10.0. The van der Waals surface area contributed by atoms with Crippen molar-refractivity contribution < 1.29 is 4.79 Å². The number of carbonyl (C=O) groups excluding carboxylic acids is 1. The highest BCUT2D eigenvalue weighted by molar-refractivity contribution is 6.30. The Bertz CT molecular complexity index is 581. The molecule has 0 spiro atoms. The van der Waals surface area contributed by atoms with Crippen LogP contribution in [0.1, 0.15) is 16.1 Å². The van der Waals surface area contributed by atoms with Gasteiger partial charge < -0.3 is 11.1 Å². The summed E-state index contributed by atoms with van der Waals surface area (Å²) in [6.07, 6.45) is 0. The largest absolute Gasteiger partial charge is 0.384 e. The van der Waals surface area contributed by atoms with Crippen molar-refractivity contribution in [3.8, 4) is 0 Å². The average Bonchev–Trinajstić information content (AvgIpc) is 2.33. The molecule has 2 rings (SSSR count). The molecule has 1 amide bonds. The molecule has 1 aromatic heterocycles. The predicted octanol–water partition coefficient (Wildman–Crippen LogP) is 2.88. The Morgan fingerprint density at radius 3 is 2.50 bits per heavy atom. The van der Waals surface area contributed by atoms with Crippen molar-refractivity contribution in [3.63, 3.8) is 0 Å². The third kappa shape index (κ3) is 2.78. The molecule has 0 fully saturated rings. The van der Waals surface area contributed by atoms with Crippen molar-refractivity contribution in [1.29, 1.82) is 0 Å². The second kappa shape index (κ2) is 5.06. The number of nitrogens with two attached hydrogens (primary N) is 1. The quantitative estimate of drug-likeness (QED) is 0.873. The number of anilines is 2. The van der Waals surface area contributed by atoms with Crippen LogP contribution in [0.3, 0.4) is 0 Å². The van der Waals surface area contributed by atoms with Crippen molar-refractivity contribution in [2.24, 2.45) is 0 Å². The van der Waals surface area contributed by atoms with E-state index in [1.54, 1.807) is 43.3 Å². The Kier molecular flexibility index (Phi) is 3.48. The number of benzene rings is 1. The fraction of sp³-hybridized carbons (Fsp3) is 0.0769. The fourth-order valence-corrected chi connectivity index (χ4v) is 1.63. The maximum absolute atomic E-state index is 11.9. The molecule has 0 aliphatic rings. The van der Waals surface area contributed by atoms with Crippen LogP contribution in [-0.2, 0) is 0 Å². The SMILES string of the molecule is Cc1nc(N)ccc1NC(=O)c1ccc(Cl)cc1. The lowest BCUT2D eigenvalue weighted by molar-refractivity contribution is 0.102. The monoisotopic (exact) mass is 261 g/mol. The highest BCUT2D eigenvalue weighted by Gasteiger charge is 2.08. The molecule has 0 unspecified atom stereocenters. The van der Waals surface area contributed by atoms with Crippen molar-refractivity contribution in [2.45, 2.75) is 6.92 Å². The van der Waals surface area contributed by atoms with E-state index >= 15 is 0 Å². The van der Waals surface area contributed by atoms with Crippen LogP contribution >= 0.6 is 11.6 Å². The van der Waals surface area contributed by atoms with Crippen molar-refractivity contribution in [2.75, 3.05) is 11.1 Å². The summed E-state index contributed by atoms with van der Waals surface area (Å²) in [5, 5.41) is 3.37. The van der Waals surface area contributed by atoms with Gasteiger partial charge in [0.25, 0.3) is 5.91 Å². The van der Waals surface area contributed by atoms with E-state index in [1.165, 1.54) is 0 Å². The van der Waals surface area contributed by atoms with Gasteiger partial charge in [0.05, 0.1) is 11.4 Å². The maximum Gasteiger partial charge on any atom is 0.255 e. The average molecular weight is 262 g/mol. The second-order valence-corrected chi connectivity index (χ2v) is 4.27. The molecule has 0 saturated heterocycles. The molecule has 0 aliphatic carbocycles. The van der Waals surface area contributed by atoms with Gasteiger partial charge in [-0.15, -0.1) is 0 Å². The Morgan fingerprint density at radius 2 is 1.89 bits per heavy atom. The zero-order valence-corrected chi connectivity index (χ0v) is 10.5. The Hall–Kier alpha value is -2.07. The number of nitrogen functional groups attached to an aromatic ring is 1. The van der Waals surface area contributed by atoms with Gasteiger partial charge in [-0.2, -0.15) is 0 Å². The van der Waals surface area contributed by atoms with Crippen molar-refractivity contribution in [1.82, 2.24) is 4.98 Å². The number of hydrogen-bond acceptors (Lipinski definition) is 3. The van der Waals surface area contributed by atoms with E-state index in [0.29, 0.717) is 27.8 Å². The highest BCUT2D eigenvalue weighted by Crippen LogP contribution is 2.16. The molecule has 0 bridgehead atoms. The van der Waals surface area contributed by atoms with E-state index in [2.05, 4.69) is 10.3 Å². The maximum atomic E-state index is 11.9. The van der Waals surface area contributed by atoms with E-state index in [4.69, 9.17) is 17.3 Å². The summed E-state index contributed by atoms with van der Waals surface area (Å²) in [6.45, 7) is 1.79. The first-order valence-corrected chi connectivity index (χ1v) is 5.74. The molecule has 0 aliphatic heterocycles. The van der Waals surface area contributed by atoms with Crippen LogP contribution < -0.4 is 11.1 Å². The lowest BCUT2D eigenvalue weighted by atomic mass is 10.2. The van der Waals surface area contributed by atoms with Crippen LogP contribution in [0.2, 0.25) is 5.02 Å². The Balaban J connectivity index is 2.18. The lowest BCUT2D eigenvalue weighted by Gasteiger charge is -2.08. The topological polar surface area (TPSA) is 68.0 Å². The lowest BCUT2D eigenvalue weighted by Crippen LogP contribution is -2.13. The number of nitrogens with one attached hydrogen (secondary N) is 1. The van der Waals surface area contributed by atoms with Gasteiger partial charge in [-0.3, -0.25) is 4.79 Å². The number of rotatable bonds is 2. The molecule has 92 valence electrons. The molecule has 1 heterocycles. The molecule has 0 radical (unpaired) electrons. The minimum Gasteiger partial charge on any atom is -0.384 e. The van der Waals surface area contributed by atoms with Crippen LogP contribution in [0.4, 0.5) is 11.5 Å². The third-order valence-electron chi connectivity index (χ3n) is 2.46. The first-order chi connectivity index (χ1) is 8.56. The van der Waals surface area contributed by atoms with E-state index in [9.17, 15) is 4.79 Å². The van der Waals surface area contributed by atoms with Gasteiger partial charge in [0.15, 0.2) is 0 Å². The minimum atomic E-state index is -0.207. The smallest absolute Gasteiger partial charge is 0.255 e. The third-order valence-corrected chi connectivity index (χ3v) is 2.71. The summed E-state index contributed by atoms with van der Waals surface area (Å²) in [5.41, 5.74) is 7.41. The van der Waals surface area contributed by atoms with Gasteiger partial charge in [0.1, 0.15) is 5.82 Å². The van der Waals surface area contributed by atoms with Gasteiger partial charge in [0, 0.05) is 10.6 Å².